The Kier molecular flexibility index (Phi) is 5.18. The fraction of sp³-hybridized carbons (Fsp3) is 0.211. The van der Waals surface area contributed by atoms with E-state index in [2.05, 4.69) is 51.8 Å². The molecule has 0 spiro atoms. The van der Waals surface area contributed by atoms with Gasteiger partial charge < -0.3 is 10.6 Å². The predicted molar refractivity (Wildman–Crippen MR) is 97.6 cm³/mol. The van der Waals surface area contributed by atoms with Crippen molar-refractivity contribution in [3.8, 4) is 0 Å². The van der Waals surface area contributed by atoms with Crippen molar-refractivity contribution in [3.05, 3.63) is 71.2 Å². The van der Waals surface area contributed by atoms with E-state index in [1.807, 2.05) is 6.07 Å². The molecule has 0 amide bonds. The van der Waals surface area contributed by atoms with Crippen LogP contribution in [0.1, 0.15) is 16.7 Å². The first kappa shape index (κ1) is 16.8. The van der Waals surface area contributed by atoms with Crippen LogP contribution in [0.3, 0.4) is 0 Å². The highest BCUT2D eigenvalue weighted by Crippen LogP contribution is 2.18. The average Bonchev–Trinajstić information content (AvgIpc) is 2.60. The van der Waals surface area contributed by atoms with Crippen LogP contribution in [0.5, 0.6) is 0 Å². The first-order valence-corrected chi connectivity index (χ1v) is 8.12. The monoisotopic (exact) mass is 337 g/mol. The molecule has 1 aromatic heterocycles. The van der Waals surface area contributed by atoms with E-state index < -0.39 is 0 Å². The number of nitrogens with zero attached hydrogens (tertiary/aromatic N) is 3. The first-order chi connectivity index (χ1) is 12.1. The van der Waals surface area contributed by atoms with Crippen molar-refractivity contribution < 1.29 is 4.39 Å². The largest absolute Gasteiger partial charge is 0.353 e. The summed E-state index contributed by atoms with van der Waals surface area (Å²) in [5.74, 6) is 0.854. The van der Waals surface area contributed by atoms with Gasteiger partial charge in [0.15, 0.2) is 5.82 Å². The molecular formula is C19H20FN5. The molecule has 0 radical (unpaired) electrons. The number of rotatable bonds is 6. The van der Waals surface area contributed by atoms with Gasteiger partial charge in [0.25, 0.3) is 0 Å². The number of halogens is 1. The third kappa shape index (κ3) is 4.73. The highest BCUT2D eigenvalue weighted by Gasteiger charge is 2.03. The van der Waals surface area contributed by atoms with Gasteiger partial charge in [-0.3, -0.25) is 0 Å². The van der Waals surface area contributed by atoms with E-state index in [0.717, 1.165) is 17.7 Å². The maximum atomic E-state index is 12.9. The second-order valence-corrected chi connectivity index (χ2v) is 5.89. The SMILES string of the molecule is Cc1ccc(Nc2cnnc(NCCc3ccc(F)cc3)n2)cc1C. The van der Waals surface area contributed by atoms with Crippen LogP contribution in [0.2, 0.25) is 0 Å². The van der Waals surface area contributed by atoms with Crippen LogP contribution >= 0.6 is 0 Å². The first-order valence-electron chi connectivity index (χ1n) is 8.12. The predicted octanol–water partition coefficient (Wildman–Crippen LogP) is 4.03. The highest BCUT2D eigenvalue weighted by atomic mass is 19.1. The second-order valence-electron chi connectivity index (χ2n) is 5.89. The molecular weight excluding hydrogens is 317 g/mol. The third-order valence-corrected chi connectivity index (χ3v) is 3.95. The lowest BCUT2D eigenvalue weighted by Crippen LogP contribution is -2.09. The van der Waals surface area contributed by atoms with Gasteiger partial charge >= 0.3 is 0 Å². The molecule has 0 atom stereocenters. The molecule has 0 saturated heterocycles. The second kappa shape index (κ2) is 7.70. The smallest absolute Gasteiger partial charge is 0.244 e. The van der Waals surface area contributed by atoms with Gasteiger partial charge in [-0.25, -0.2) is 4.39 Å². The quantitative estimate of drug-likeness (QED) is 0.711. The molecule has 3 rings (SSSR count). The van der Waals surface area contributed by atoms with Gasteiger partial charge in [0.1, 0.15) is 5.82 Å². The molecule has 0 bridgehead atoms. The van der Waals surface area contributed by atoms with Crippen molar-refractivity contribution in [2.24, 2.45) is 0 Å². The minimum atomic E-state index is -0.227. The number of anilines is 3. The van der Waals surface area contributed by atoms with Crippen molar-refractivity contribution in [2.75, 3.05) is 17.2 Å². The summed E-state index contributed by atoms with van der Waals surface area (Å²) >= 11 is 0. The summed E-state index contributed by atoms with van der Waals surface area (Å²) in [4.78, 5) is 4.41. The van der Waals surface area contributed by atoms with Crippen molar-refractivity contribution in [1.29, 1.82) is 0 Å². The molecule has 0 aliphatic heterocycles. The zero-order chi connectivity index (χ0) is 17.6. The molecule has 6 heteroatoms. The van der Waals surface area contributed by atoms with Gasteiger partial charge in [-0.15, -0.1) is 5.10 Å². The lowest BCUT2D eigenvalue weighted by molar-refractivity contribution is 0.627. The minimum absolute atomic E-state index is 0.227. The molecule has 3 aromatic rings. The van der Waals surface area contributed by atoms with Crippen LogP contribution in [-0.2, 0) is 6.42 Å². The minimum Gasteiger partial charge on any atom is -0.353 e. The third-order valence-electron chi connectivity index (χ3n) is 3.95. The van der Waals surface area contributed by atoms with E-state index in [1.54, 1.807) is 18.3 Å². The number of aryl methyl sites for hydroxylation is 2. The van der Waals surface area contributed by atoms with Crippen LogP contribution in [0.15, 0.2) is 48.7 Å². The van der Waals surface area contributed by atoms with E-state index in [4.69, 9.17) is 0 Å². The van der Waals surface area contributed by atoms with Gasteiger partial charge in [0.2, 0.25) is 5.95 Å². The zero-order valence-corrected chi connectivity index (χ0v) is 14.3. The molecule has 5 nitrogen and oxygen atoms in total. The fourth-order valence-corrected chi connectivity index (χ4v) is 2.38. The van der Waals surface area contributed by atoms with Crippen LogP contribution in [-0.4, -0.2) is 21.7 Å². The van der Waals surface area contributed by atoms with Crippen molar-refractivity contribution in [1.82, 2.24) is 15.2 Å². The summed E-state index contributed by atoms with van der Waals surface area (Å²) in [6, 6.07) is 12.6. The van der Waals surface area contributed by atoms with Gasteiger partial charge in [0, 0.05) is 12.2 Å². The molecule has 0 aliphatic carbocycles. The maximum Gasteiger partial charge on any atom is 0.244 e. The van der Waals surface area contributed by atoms with Gasteiger partial charge in [-0.2, -0.15) is 10.1 Å². The Morgan fingerprint density at radius 1 is 1.00 bits per heavy atom. The number of hydrogen-bond acceptors (Lipinski definition) is 5. The van der Waals surface area contributed by atoms with Crippen LogP contribution in [0, 0.1) is 19.7 Å². The Hall–Kier alpha value is -3.02. The number of nitrogens with one attached hydrogen (secondary N) is 2. The lowest BCUT2D eigenvalue weighted by Gasteiger charge is -2.09. The Morgan fingerprint density at radius 2 is 1.80 bits per heavy atom. The summed E-state index contributed by atoms with van der Waals surface area (Å²) in [6.45, 7) is 4.79. The molecule has 2 N–H and O–H groups in total. The maximum absolute atomic E-state index is 12.9. The molecule has 128 valence electrons. The zero-order valence-electron chi connectivity index (χ0n) is 14.3. The molecule has 25 heavy (non-hydrogen) atoms. The van der Waals surface area contributed by atoms with E-state index in [-0.39, 0.29) is 5.82 Å². The molecule has 2 aromatic carbocycles. The summed E-state index contributed by atoms with van der Waals surface area (Å²) in [6.07, 6.45) is 2.33. The van der Waals surface area contributed by atoms with Crippen molar-refractivity contribution in [3.63, 3.8) is 0 Å². The topological polar surface area (TPSA) is 62.7 Å². The van der Waals surface area contributed by atoms with E-state index in [9.17, 15) is 4.39 Å². The average molecular weight is 337 g/mol. The Balaban J connectivity index is 1.59. The summed E-state index contributed by atoms with van der Waals surface area (Å²) < 4.78 is 12.9. The fourth-order valence-electron chi connectivity index (χ4n) is 2.38. The molecule has 0 saturated carbocycles. The summed E-state index contributed by atoms with van der Waals surface area (Å²) in [5.41, 5.74) is 4.46. The van der Waals surface area contributed by atoms with E-state index in [1.165, 1.54) is 23.3 Å². The van der Waals surface area contributed by atoms with Crippen molar-refractivity contribution >= 4 is 17.5 Å². The molecule has 0 aliphatic rings. The van der Waals surface area contributed by atoms with E-state index in [0.29, 0.717) is 18.3 Å². The molecule has 0 unspecified atom stereocenters. The number of hydrogen-bond donors (Lipinski definition) is 2. The van der Waals surface area contributed by atoms with Crippen LogP contribution in [0.25, 0.3) is 0 Å². The van der Waals surface area contributed by atoms with Gasteiger partial charge in [-0.1, -0.05) is 18.2 Å². The Bertz CT molecular complexity index is 849. The Morgan fingerprint density at radius 3 is 2.56 bits per heavy atom. The molecule has 0 fully saturated rings. The number of benzene rings is 2. The van der Waals surface area contributed by atoms with Crippen LogP contribution < -0.4 is 10.6 Å². The lowest BCUT2D eigenvalue weighted by atomic mass is 10.1. The summed E-state index contributed by atoms with van der Waals surface area (Å²) in [5, 5.41) is 14.3. The van der Waals surface area contributed by atoms with Gasteiger partial charge in [-0.05, 0) is 61.2 Å². The summed E-state index contributed by atoms with van der Waals surface area (Å²) in [7, 11) is 0. The highest BCUT2D eigenvalue weighted by molar-refractivity contribution is 5.58. The molecule has 1 heterocycles. The number of aromatic nitrogens is 3. The Labute approximate surface area is 146 Å². The normalized spacial score (nSPS) is 10.5. The van der Waals surface area contributed by atoms with Gasteiger partial charge in [0.05, 0.1) is 6.20 Å². The van der Waals surface area contributed by atoms with E-state index >= 15 is 0 Å². The van der Waals surface area contributed by atoms with Crippen LogP contribution in [0.4, 0.5) is 21.8 Å². The standard InChI is InChI=1S/C19H20FN5/c1-13-3-8-17(11-14(13)2)23-18-12-22-25-19(24-18)21-10-9-15-4-6-16(20)7-5-15/h3-8,11-12H,9-10H2,1-2H3,(H2,21,23,24,25). The van der Waals surface area contributed by atoms with Crippen molar-refractivity contribution in [2.45, 2.75) is 20.3 Å².